The van der Waals surface area contributed by atoms with Crippen LogP contribution in [0.4, 0.5) is 0 Å². The van der Waals surface area contributed by atoms with E-state index in [0.717, 1.165) is 19.6 Å². The number of nitrogens with one attached hydrogen (secondary N) is 1. The van der Waals surface area contributed by atoms with Crippen LogP contribution in [0.25, 0.3) is 0 Å². The van der Waals surface area contributed by atoms with E-state index in [4.69, 9.17) is 4.74 Å². The maximum atomic E-state index is 5.14. The van der Waals surface area contributed by atoms with Gasteiger partial charge in [0.05, 0.1) is 6.61 Å². The third-order valence-corrected chi connectivity index (χ3v) is 3.31. The molecule has 1 N–H and O–H groups in total. The molecule has 1 atom stereocenters. The van der Waals surface area contributed by atoms with Crippen molar-refractivity contribution in [2.45, 2.75) is 32.9 Å². The quantitative estimate of drug-likeness (QED) is 0.784. The predicted molar refractivity (Wildman–Crippen MR) is 61.9 cm³/mol. The molecule has 1 heterocycles. The van der Waals surface area contributed by atoms with Crippen molar-refractivity contribution in [3.63, 3.8) is 0 Å². The highest BCUT2D eigenvalue weighted by atomic mass is 32.1. The average molecular weight is 213 g/mol. The SMILES string of the molecule is CCC(COC)NCc1cscc1C. The molecule has 1 unspecified atom stereocenters. The van der Waals surface area contributed by atoms with Gasteiger partial charge < -0.3 is 10.1 Å². The molecule has 0 amide bonds. The molecule has 0 aliphatic carbocycles. The maximum Gasteiger partial charge on any atom is 0.0615 e. The van der Waals surface area contributed by atoms with Crippen LogP contribution in [0.5, 0.6) is 0 Å². The molecule has 0 saturated carbocycles. The standard InChI is InChI=1S/C11H19NOS/c1-4-11(6-13-3)12-5-10-8-14-7-9(10)2/h7-8,11-12H,4-6H2,1-3H3. The van der Waals surface area contributed by atoms with Crippen LogP contribution in [0.15, 0.2) is 10.8 Å². The molecule has 0 aromatic carbocycles. The fourth-order valence-electron chi connectivity index (χ4n) is 1.34. The van der Waals surface area contributed by atoms with Crippen LogP contribution in [0.1, 0.15) is 24.5 Å². The van der Waals surface area contributed by atoms with Crippen LogP contribution in [0.3, 0.4) is 0 Å². The van der Waals surface area contributed by atoms with Crippen molar-refractivity contribution >= 4 is 11.3 Å². The lowest BCUT2D eigenvalue weighted by molar-refractivity contribution is 0.164. The third kappa shape index (κ3) is 3.40. The van der Waals surface area contributed by atoms with Crippen LogP contribution in [-0.4, -0.2) is 19.8 Å². The van der Waals surface area contributed by atoms with Crippen LogP contribution >= 0.6 is 11.3 Å². The summed E-state index contributed by atoms with van der Waals surface area (Å²) in [7, 11) is 1.75. The summed E-state index contributed by atoms with van der Waals surface area (Å²) in [5.74, 6) is 0. The summed E-state index contributed by atoms with van der Waals surface area (Å²) in [6.45, 7) is 6.08. The lowest BCUT2D eigenvalue weighted by atomic mass is 10.2. The molecule has 3 heteroatoms. The zero-order valence-electron chi connectivity index (χ0n) is 9.17. The molecular formula is C11H19NOS. The topological polar surface area (TPSA) is 21.3 Å². The Labute approximate surface area is 90.3 Å². The van der Waals surface area contributed by atoms with Gasteiger partial charge in [-0.25, -0.2) is 0 Å². The van der Waals surface area contributed by atoms with Crippen LogP contribution < -0.4 is 5.32 Å². The molecule has 14 heavy (non-hydrogen) atoms. The normalized spacial score (nSPS) is 13.1. The molecule has 0 radical (unpaired) electrons. The fourth-order valence-corrected chi connectivity index (χ4v) is 2.20. The van der Waals surface area contributed by atoms with E-state index >= 15 is 0 Å². The fraction of sp³-hybridized carbons (Fsp3) is 0.636. The Morgan fingerprint density at radius 3 is 2.79 bits per heavy atom. The first kappa shape index (κ1) is 11.7. The molecule has 0 fully saturated rings. The highest BCUT2D eigenvalue weighted by molar-refractivity contribution is 7.08. The minimum absolute atomic E-state index is 0.472. The van der Waals surface area contributed by atoms with E-state index in [0.29, 0.717) is 6.04 Å². The molecule has 80 valence electrons. The molecular weight excluding hydrogens is 194 g/mol. The number of rotatable bonds is 6. The monoisotopic (exact) mass is 213 g/mol. The van der Waals surface area contributed by atoms with E-state index < -0.39 is 0 Å². The van der Waals surface area contributed by atoms with Crippen LogP contribution in [0.2, 0.25) is 0 Å². The van der Waals surface area contributed by atoms with Gasteiger partial charge in [0.1, 0.15) is 0 Å². The van der Waals surface area contributed by atoms with Crippen molar-refractivity contribution in [2.24, 2.45) is 0 Å². The van der Waals surface area contributed by atoms with Gasteiger partial charge in [-0.15, -0.1) is 0 Å². The Kier molecular flexibility index (Phi) is 5.15. The molecule has 0 bridgehead atoms. The van der Waals surface area contributed by atoms with E-state index in [1.807, 2.05) is 0 Å². The van der Waals surface area contributed by atoms with Gasteiger partial charge in [0.2, 0.25) is 0 Å². The zero-order valence-corrected chi connectivity index (χ0v) is 9.99. The molecule has 0 aliphatic heterocycles. The Morgan fingerprint density at radius 1 is 1.50 bits per heavy atom. The highest BCUT2D eigenvalue weighted by Crippen LogP contribution is 2.13. The van der Waals surface area contributed by atoms with Crippen molar-refractivity contribution in [1.29, 1.82) is 0 Å². The molecule has 1 rings (SSSR count). The van der Waals surface area contributed by atoms with Gasteiger partial charge in [-0.2, -0.15) is 11.3 Å². The second kappa shape index (κ2) is 6.17. The predicted octanol–water partition coefficient (Wildman–Crippen LogP) is 2.57. The van der Waals surface area contributed by atoms with E-state index in [-0.39, 0.29) is 0 Å². The summed E-state index contributed by atoms with van der Waals surface area (Å²) in [6, 6.07) is 0.472. The van der Waals surface area contributed by atoms with Crippen molar-refractivity contribution in [3.05, 3.63) is 21.9 Å². The van der Waals surface area contributed by atoms with Crippen LogP contribution in [-0.2, 0) is 11.3 Å². The number of ether oxygens (including phenoxy) is 1. The molecule has 0 spiro atoms. The summed E-state index contributed by atoms with van der Waals surface area (Å²) in [5.41, 5.74) is 2.79. The maximum absolute atomic E-state index is 5.14. The van der Waals surface area contributed by atoms with Crippen molar-refractivity contribution in [2.75, 3.05) is 13.7 Å². The molecule has 1 aromatic rings. The van der Waals surface area contributed by atoms with Crippen molar-refractivity contribution < 1.29 is 4.74 Å². The van der Waals surface area contributed by atoms with Gasteiger partial charge in [0.25, 0.3) is 0 Å². The minimum atomic E-state index is 0.472. The van der Waals surface area contributed by atoms with E-state index in [9.17, 15) is 0 Å². The Morgan fingerprint density at radius 2 is 2.29 bits per heavy atom. The first-order valence-electron chi connectivity index (χ1n) is 5.02. The number of hydrogen-bond donors (Lipinski definition) is 1. The largest absolute Gasteiger partial charge is 0.383 e. The number of hydrogen-bond acceptors (Lipinski definition) is 3. The van der Waals surface area contributed by atoms with Gasteiger partial charge in [0.15, 0.2) is 0 Å². The molecule has 1 aromatic heterocycles. The minimum Gasteiger partial charge on any atom is -0.383 e. The van der Waals surface area contributed by atoms with Gasteiger partial charge in [0, 0.05) is 19.7 Å². The summed E-state index contributed by atoms with van der Waals surface area (Å²) in [5, 5.41) is 7.89. The summed E-state index contributed by atoms with van der Waals surface area (Å²) in [6.07, 6.45) is 1.11. The van der Waals surface area contributed by atoms with Gasteiger partial charge in [-0.3, -0.25) is 0 Å². The number of aryl methyl sites for hydroxylation is 1. The Balaban J connectivity index is 2.35. The second-order valence-corrected chi connectivity index (χ2v) is 4.27. The second-order valence-electron chi connectivity index (χ2n) is 3.52. The zero-order chi connectivity index (χ0) is 10.4. The Hall–Kier alpha value is -0.380. The van der Waals surface area contributed by atoms with E-state index in [1.165, 1.54) is 11.1 Å². The summed E-state index contributed by atoms with van der Waals surface area (Å²) in [4.78, 5) is 0. The summed E-state index contributed by atoms with van der Waals surface area (Å²) < 4.78 is 5.14. The van der Waals surface area contributed by atoms with E-state index in [2.05, 4.69) is 29.9 Å². The average Bonchev–Trinajstić information content (AvgIpc) is 2.59. The summed E-state index contributed by atoms with van der Waals surface area (Å²) >= 11 is 1.77. The van der Waals surface area contributed by atoms with Gasteiger partial charge >= 0.3 is 0 Å². The number of thiophene rings is 1. The van der Waals surface area contributed by atoms with Crippen molar-refractivity contribution in [3.8, 4) is 0 Å². The molecule has 2 nitrogen and oxygen atoms in total. The highest BCUT2D eigenvalue weighted by Gasteiger charge is 2.05. The third-order valence-electron chi connectivity index (χ3n) is 2.40. The molecule has 0 aliphatic rings. The van der Waals surface area contributed by atoms with Crippen molar-refractivity contribution in [1.82, 2.24) is 5.32 Å². The first-order chi connectivity index (χ1) is 6.77. The number of methoxy groups -OCH3 is 1. The van der Waals surface area contributed by atoms with E-state index in [1.54, 1.807) is 18.4 Å². The van der Waals surface area contributed by atoms with Gasteiger partial charge in [-0.1, -0.05) is 6.92 Å². The Bertz CT molecular complexity index is 260. The molecule has 0 saturated heterocycles. The lowest BCUT2D eigenvalue weighted by Crippen LogP contribution is -2.32. The first-order valence-corrected chi connectivity index (χ1v) is 5.96. The van der Waals surface area contributed by atoms with Gasteiger partial charge in [-0.05, 0) is 35.2 Å². The lowest BCUT2D eigenvalue weighted by Gasteiger charge is -2.15. The smallest absolute Gasteiger partial charge is 0.0615 e. The van der Waals surface area contributed by atoms with Crippen LogP contribution in [0, 0.1) is 6.92 Å².